The Bertz CT molecular complexity index is 917. The van der Waals surface area contributed by atoms with Gasteiger partial charge in [-0.05, 0) is 44.6 Å². The van der Waals surface area contributed by atoms with Gasteiger partial charge in [-0.25, -0.2) is 4.99 Å². The van der Waals surface area contributed by atoms with Gasteiger partial charge in [0.15, 0.2) is 5.82 Å². The van der Waals surface area contributed by atoms with E-state index in [1.165, 1.54) is 17.3 Å². The van der Waals surface area contributed by atoms with Crippen LogP contribution in [0.4, 0.5) is 5.69 Å². The number of nitrogens with zero attached hydrogens (tertiary/aromatic N) is 2. The summed E-state index contributed by atoms with van der Waals surface area (Å²) in [6, 6.07) is 8.16. The molecule has 0 aliphatic carbocycles. The average Bonchev–Trinajstić information content (AvgIpc) is 2.72. The third kappa shape index (κ3) is 6.03. The first-order chi connectivity index (χ1) is 14.0. The summed E-state index contributed by atoms with van der Waals surface area (Å²) in [6.45, 7) is 10.6. The molecule has 2 rings (SSSR count). The minimum atomic E-state index is 0.608. The fourth-order valence-corrected chi connectivity index (χ4v) is 3.71. The van der Waals surface area contributed by atoms with E-state index < -0.39 is 0 Å². The lowest BCUT2D eigenvalue weighted by Crippen LogP contribution is -2.33. The lowest BCUT2D eigenvalue weighted by Gasteiger charge is -2.28. The average molecular weight is 407 g/mol. The van der Waals surface area contributed by atoms with Crippen molar-refractivity contribution in [3.05, 3.63) is 100 Å². The van der Waals surface area contributed by atoms with Crippen molar-refractivity contribution < 1.29 is 0 Å². The second-order valence-corrected chi connectivity index (χ2v) is 7.56. The van der Waals surface area contributed by atoms with Crippen molar-refractivity contribution in [3.63, 3.8) is 0 Å². The van der Waals surface area contributed by atoms with Crippen LogP contribution in [0.15, 0.2) is 99.7 Å². The van der Waals surface area contributed by atoms with E-state index in [9.17, 15) is 0 Å². The van der Waals surface area contributed by atoms with Gasteiger partial charge in [0.1, 0.15) is 10.9 Å². The zero-order chi connectivity index (χ0) is 21.2. The molecule has 29 heavy (non-hydrogen) atoms. The largest absolute Gasteiger partial charge is 0.390 e. The number of amidine groups is 1. The van der Waals surface area contributed by atoms with Gasteiger partial charge in [0.2, 0.25) is 0 Å². The van der Waals surface area contributed by atoms with E-state index in [4.69, 9.17) is 10.7 Å². The molecule has 0 spiro atoms. The summed E-state index contributed by atoms with van der Waals surface area (Å²) in [5, 5.41) is 3.99. The number of hydrogen-bond donors (Lipinski definition) is 2. The molecule has 0 saturated heterocycles. The molecule has 3 N–H and O–H groups in total. The molecule has 0 amide bonds. The second kappa shape index (κ2) is 11.2. The van der Waals surface area contributed by atoms with Crippen LogP contribution in [0, 0.1) is 0 Å². The van der Waals surface area contributed by atoms with Crippen LogP contribution in [0.5, 0.6) is 0 Å². The van der Waals surface area contributed by atoms with Gasteiger partial charge in [0, 0.05) is 24.1 Å². The SMILES string of the molecule is C=C/C=C(\C=C/C)S/C(N)=C1\N=C(N(C)CC(/C=C\C)=C/C)c2ccccc2N1. The first-order valence-corrected chi connectivity index (χ1v) is 10.4. The lowest BCUT2D eigenvalue weighted by atomic mass is 10.1. The van der Waals surface area contributed by atoms with Crippen LogP contribution in [0.1, 0.15) is 26.3 Å². The van der Waals surface area contributed by atoms with Crippen LogP contribution in [-0.4, -0.2) is 24.3 Å². The van der Waals surface area contributed by atoms with Crippen LogP contribution >= 0.6 is 11.8 Å². The van der Waals surface area contributed by atoms with E-state index in [1.807, 2.05) is 50.3 Å². The number of nitrogens with one attached hydrogen (secondary N) is 1. The Labute approximate surface area is 179 Å². The van der Waals surface area contributed by atoms with Crippen LogP contribution in [0.2, 0.25) is 0 Å². The zero-order valence-electron chi connectivity index (χ0n) is 17.6. The highest BCUT2D eigenvalue weighted by Gasteiger charge is 2.21. The Kier molecular flexibility index (Phi) is 8.62. The van der Waals surface area contributed by atoms with Crippen molar-refractivity contribution in [2.24, 2.45) is 10.7 Å². The molecule has 0 fully saturated rings. The maximum absolute atomic E-state index is 6.43. The molecule has 0 aromatic heterocycles. The molecule has 1 aromatic carbocycles. The van der Waals surface area contributed by atoms with E-state index in [2.05, 4.69) is 55.1 Å². The highest BCUT2D eigenvalue weighted by molar-refractivity contribution is 8.06. The van der Waals surface area contributed by atoms with Crippen molar-refractivity contribution in [2.75, 3.05) is 18.9 Å². The Morgan fingerprint density at radius 2 is 1.93 bits per heavy atom. The van der Waals surface area contributed by atoms with Gasteiger partial charge >= 0.3 is 0 Å². The van der Waals surface area contributed by atoms with Crippen molar-refractivity contribution in [3.8, 4) is 0 Å². The number of benzene rings is 1. The van der Waals surface area contributed by atoms with Crippen LogP contribution < -0.4 is 11.1 Å². The Balaban J connectivity index is 2.44. The molecule has 1 aromatic rings. The third-order valence-electron chi connectivity index (χ3n) is 4.25. The lowest BCUT2D eigenvalue weighted by molar-refractivity contribution is 0.553. The quantitative estimate of drug-likeness (QED) is 0.564. The highest BCUT2D eigenvalue weighted by Crippen LogP contribution is 2.31. The molecule has 0 saturated carbocycles. The maximum atomic E-state index is 6.43. The molecule has 0 atom stereocenters. The number of hydrogen-bond acceptors (Lipinski definition) is 5. The Morgan fingerprint density at radius 1 is 1.21 bits per heavy atom. The minimum Gasteiger partial charge on any atom is -0.390 e. The minimum absolute atomic E-state index is 0.608. The van der Waals surface area contributed by atoms with Crippen molar-refractivity contribution in [2.45, 2.75) is 20.8 Å². The molecule has 152 valence electrons. The number of nitrogens with two attached hydrogens (primary N) is 1. The summed E-state index contributed by atoms with van der Waals surface area (Å²) in [5.74, 6) is 1.55. The molecular formula is C24H30N4S. The standard InChI is InChI=1S/C24H30N4S/c1-6-12-18(9-4)17-28(5)24-20-15-10-11-16-21(20)26-23(27-24)22(25)29-19(13-7-2)14-8-3/h6-16,26H,2,17,25H2,1,3-5H3/b12-6-,14-8-,18-9+,19-13+,23-22-. The van der Waals surface area contributed by atoms with Crippen LogP contribution in [0.3, 0.4) is 0 Å². The fraction of sp³-hybridized carbons (Fsp3) is 0.208. The monoisotopic (exact) mass is 406 g/mol. The van der Waals surface area contributed by atoms with Crippen LogP contribution in [-0.2, 0) is 0 Å². The summed E-state index contributed by atoms with van der Waals surface area (Å²) in [7, 11) is 2.05. The van der Waals surface area contributed by atoms with E-state index >= 15 is 0 Å². The van der Waals surface area contributed by atoms with Crippen LogP contribution in [0.25, 0.3) is 0 Å². The van der Waals surface area contributed by atoms with Gasteiger partial charge in [-0.1, -0.05) is 66.9 Å². The molecule has 1 heterocycles. The first kappa shape index (κ1) is 22.4. The Morgan fingerprint density at radius 3 is 2.59 bits per heavy atom. The number of allylic oxidation sites excluding steroid dienone is 6. The topological polar surface area (TPSA) is 53.6 Å². The van der Waals surface area contributed by atoms with E-state index in [0.29, 0.717) is 10.9 Å². The predicted octanol–water partition coefficient (Wildman–Crippen LogP) is 5.78. The second-order valence-electron chi connectivity index (χ2n) is 6.45. The smallest absolute Gasteiger partial charge is 0.163 e. The molecule has 0 bridgehead atoms. The van der Waals surface area contributed by atoms with Crippen molar-refractivity contribution >= 4 is 23.3 Å². The van der Waals surface area contributed by atoms with Gasteiger partial charge in [0.05, 0.1) is 5.69 Å². The summed E-state index contributed by atoms with van der Waals surface area (Å²) in [6.07, 6.45) is 14.0. The number of anilines is 1. The van der Waals surface area contributed by atoms with Gasteiger partial charge in [0.25, 0.3) is 0 Å². The predicted molar refractivity (Wildman–Crippen MR) is 130 cm³/mol. The van der Waals surface area contributed by atoms with E-state index in [0.717, 1.165) is 28.5 Å². The number of fused-ring (bicyclic) bond motifs is 1. The van der Waals surface area contributed by atoms with E-state index in [-0.39, 0.29) is 0 Å². The molecular weight excluding hydrogens is 376 g/mol. The number of likely N-dealkylation sites (N-methyl/N-ethyl adjacent to an activating group) is 1. The molecule has 5 heteroatoms. The summed E-state index contributed by atoms with van der Waals surface area (Å²) in [5.41, 5.74) is 9.71. The first-order valence-electron chi connectivity index (χ1n) is 9.61. The third-order valence-corrected chi connectivity index (χ3v) is 5.17. The number of para-hydroxylation sites is 1. The number of rotatable bonds is 7. The fourth-order valence-electron chi connectivity index (χ4n) is 2.90. The number of aliphatic imine (C=N–C) groups is 1. The van der Waals surface area contributed by atoms with Crippen molar-refractivity contribution in [1.82, 2.24) is 4.90 Å². The highest BCUT2D eigenvalue weighted by atomic mass is 32.2. The Hall–Kier alpha value is -2.92. The zero-order valence-corrected chi connectivity index (χ0v) is 18.5. The van der Waals surface area contributed by atoms with Gasteiger partial charge < -0.3 is 16.0 Å². The summed E-state index contributed by atoms with van der Waals surface area (Å²) < 4.78 is 0. The molecule has 0 radical (unpaired) electrons. The van der Waals surface area contributed by atoms with Crippen molar-refractivity contribution in [1.29, 1.82) is 0 Å². The molecule has 1 aliphatic rings. The normalized spacial score (nSPS) is 16.5. The van der Waals surface area contributed by atoms with Gasteiger partial charge in [-0.2, -0.15) is 0 Å². The molecule has 0 unspecified atom stereocenters. The number of thioether (sulfide) groups is 1. The van der Waals surface area contributed by atoms with Gasteiger partial charge in [-0.15, -0.1) is 0 Å². The van der Waals surface area contributed by atoms with E-state index in [1.54, 1.807) is 6.08 Å². The summed E-state index contributed by atoms with van der Waals surface area (Å²) in [4.78, 5) is 8.04. The summed E-state index contributed by atoms with van der Waals surface area (Å²) >= 11 is 1.47. The van der Waals surface area contributed by atoms with Gasteiger partial charge in [-0.3, -0.25) is 0 Å². The maximum Gasteiger partial charge on any atom is 0.163 e. The molecule has 1 aliphatic heterocycles. The molecule has 4 nitrogen and oxygen atoms in total.